The van der Waals surface area contributed by atoms with E-state index in [2.05, 4.69) is 36.1 Å². The van der Waals surface area contributed by atoms with Crippen LogP contribution in [-0.2, 0) is 0 Å². The van der Waals surface area contributed by atoms with Crippen LogP contribution in [0.3, 0.4) is 0 Å². The fourth-order valence-electron chi connectivity index (χ4n) is 3.19. The molecule has 0 bridgehead atoms. The number of aromatic nitrogens is 2. The molecule has 1 fully saturated rings. The zero-order chi connectivity index (χ0) is 18.6. The summed E-state index contributed by atoms with van der Waals surface area (Å²) >= 11 is 3.41. The van der Waals surface area contributed by atoms with Crippen LogP contribution in [0.2, 0.25) is 0 Å². The van der Waals surface area contributed by atoms with E-state index in [-0.39, 0.29) is 5.91 Å². The van der Waals surface area contributed by atoms with E-state index in [1.165, 1.54) is 12.8 Å². The Balaban J connectivity index is 1.50. The summed E-state index contributed by atoms with van der Waals surface area (Å²) in [6, 6.07) is 17.0. The van der Waals surface area contributed by atoms with Crippen molar-refractivity contribution in [3.8, 4) is 11.3 Å². The van der Waals surface area contributed by atoms with E-state index in [1.54, 1.807) is 6.33 Å². The van der Waals surface area contributed by atoms with Gasteiger partial charge in [0.1, 0.15) is 12.1 Å². The summed E-state index contributed by atoms with van der Waals surface area (Å²) in [5, 5.41) is 2.90. The highest BCUT2D eigenvalue weighted by molar-refractivity contribution is 9.10. The number of anilines is 2. The van der Waals surface area contributed by atoms with Crippen LogP contribution in [0.4, 0.5) is 11.5 Å². The second-order valence-electron chi connectivity index (χ2n) is 6.50. The molecule has 0 spiro atoms. The van der Waals surface area contributed by atoms with Crippen LogP contribution in [0.1, 0.15) is 23.2 Å². The van der Waals surface area contributed by atoms with Crippen molar-refractivity contribution in [3.63, 3.8) is 0 Å². The van der Waals surface area contributed by atoms with E-state index in [4.69, 9.17) is 0 Å². The Labute approximate surface area is 166 Å². The molecule has 1 aliphatic rings. The molecule has 2 heterocycles. The largest absolute Gasteiger partial charge is 0.357 e. The highest BCUT2D eigenvalue weighted by Gasteiger charge is 2.14. The molecule has 1 amide bonds. The number of rotatable bonds is 4. The maximum Gasteiger partial charge on any atom is 0.255 e. The van der Waals surface area contributed by atoms with Gasteiger partial charge in [-0.3, -0.25) is 4.79 Å². The molecule has 4 rings (SSSR count). The van der Waals surface area contributed by atoms with Crippen molar-refractivity contribution in [2.45, 2.75) is 12.8 Å². The molecular formula is C21H19BrN4O. The fraction of sp³-hybridized carbons (Fsp3) is 0.190. The molecule has 1 N–H and O–H groups in total. The topological polar surface area (TPSA) is 58.1 Å². The number of benzene rings is 2. The Morgan fingerprint density at radius 3 is 2.52 bits per heavy atom. The monoisotopic (exact) mass is 422 g/mol. The predicted molar refractivity (Wildman–Crippen MR) is 111 cm³/mol. The molecule has 1 aromatic heterocycles. The van der Waals surface area contributed by atoms with Gasteiger partial charge >= 0.3 is 0 Å². The predicted octanol–water partition coefficient (Wildman–Crippen LogP) is 4.76. The standard InChI is InChI=1S/C21H19BrN4O/c22-17-4-3-5-18(12-17)25-21(27)16-8-6-15(7-9-16)19-13-20(24-14-23-19)26-10-1-2-11-26/h3-9,12-14H,1-2,10-11H2,(H,25,27). The molecule has 136 valence electrons. The molecular weight excluding hydrogens is 404 g/mol. The second kappa shape index (κ2) is 7.88. The summed E-state index contributed by atoms with van der Waals surface area (Å²) in [7, 11) is 0. The van der Waals surface area contributed by atoms with Crippen LogP contribution in [-0.4, -0.2) is 29.0 Å². The van der Waals surface area contributed by atoms with Crippen molar-refractivity contribution in [1.82, 2.24) is 9.97 Å². The quantitative estimate of drug-likeness (QED) is 0.658. The minimum absolute atomic E-state index is 0.139. The molecule has 2 aromatic carbocycles. The number of amides is 1. The second-order valence-corrected chi connectivity index (χ2v) is 7.41. The van der Waals surface area contributed by atoms with Crippen LogP contribution in [0.5, 0.6) is 0 Å². The van der Waals surface area contributed by atoms with Gasteiger partial charge in [0.05, 0.1) is 5.69 Å². The number of carbonyl (C=O) groups excluding carboxylic acids is 1. The highest BCUT2D eigenvalue weighted by atomic mass is 79.9. The van der Waals surface area contributed by atoms with Gasteiger partial charge in [0.25, 0.3) is 5.91 Å². The van der Waals surface area contributed by atoms with Crippen LogP contribution in [0, 0.1) is 0 Å². The van der Waals surface area contributed by atoms with Gasteiger partial charge in [0, 0.05) is 40.4 Å². The van der Waals surface area contributed by atoms with Crippen molar-refractivity contribution in [3.05, 3.63) is 71.0 Å². The summed E-state index contributed by atoms with van der Waals surface area (Å²) in [4.78, 5) is 23.5. The average Bonchev–Trinajstić information content (AvgIpc) is 3.23. The van der Waals surface area contributed by atoms with Gasteiger partial charge in [-0.25, -0.2) is 9.97 Å². The Kier molecular flexibility index (Phi) is 5.16. The van der Waals surface area contributed by atoms with Crippen molar-refractivity contribution in [2.24, 2.45) is 0 Å². The molecule has 5 nitrogen and oxygen atoms in total. The number of hydrogen-bond acceptors (Lipinski definition) is 4. The van der Waals surface area contributed by atoms with E-state index >= 15 is 0 Å². The lowest BCUT2D eigenvalue weighted by Crippen LogP contribution is -2.19. The number of nitrogens with one attached hydrogen (secondary N) is 1. The number of halogens is 1. The smallest absolute Gasteiger partial charge is 0.255 e. The number of hydrogen-bond donors (Lipinski definition) is 1. The molecule has 6 heteroatoms. The number of nitrogens with zero attached hydrogens (tertiary/aromatic N) is 3. The van der Waals surface area contributed by atoms with Crippen molar-refractivity contribution in [2.75, 3.05) is 23.3 Å². The lowest BCUT2D eigenvalue weighted by atomic mass is 10.1. The summed E-state index contributed by atoms with van der Waals surface area (Å²) < 4.78 is 0.924. The summed E-state index contributed by atoms with van der Waals surface area (Å²) in [6.45, 7) is 2.09. The minimum Gasteiger partial charge on any atom is -0.357 e. The van der Waals surface area contributed by atoms with E-state index in [0.29, 0.717) is 5.56 Å². The summed E-state index contributed by atoms with van der Waals surface area (Å²) in [6.07, 6.45) is 4.03. The zero-order valence-corrected chi connectivity index (χ0v) is 16.3. The van der Waals surface area contributed by atoms with Gasteiger partial charge in [-0.1, -0.05) is 34.1 Å². The average molecular weight is 423 g/mol. The first-order valence-corrected chi connectivity index (χ1v) is 9.73. The normalized spacial score (nSPS) is 13.6. The van der Waals surface area contributed by atoms with E-state index in [1.807, 2.05) is 54.6 Å². The third-order valence-corrected chi connectivity index (χ3v) is 5.10. The molecule has 0 unspecified atom stereocenters. The molecule has 1 aliphatic heterocycles. The zero-order valence-electron chi connectivity index (χ0n) is 14.7. The number of carbonyl (C=O) groups is 1. The van der Waals surface area contributed by atoms with Gasteiger partial charge in [0.2, 0.25) is 0 Å². The highest BCUT2D eigenvalue weighted by Crippen LogP contribution is 2.24. The van der Waals surface area contributed by atoms with Crippen LogP contribution < -0.4 is 10.2 Å². The molecule has 0 saturated carbocycles. The van der Waals surface area contributed by atoms with Crippen molar-refractivity contribution >= 4 is 33.3 Å². The van der Waals surface area contributed by atoms with Gasteiger partial charge in [-0.2, -0.15) is 0 Å². The van der Waals surface area contributed by atoms with Gasteiger partial charge in [0.15, 0.2) is 0 Å². The maximum absolute atomic E-state index is 12.4. The molecule has 0 aliphatic carbocycles. The third-order valence-electron chi connectivity index (χ3n) is 4.61. The molecule has 0 atom stereocenters. The Bertz CT molecular complexity index is 952. The van der Waals surface area contributed by atoms with Gasteiger partial charge in [-0.15, -0.1) is 0 Å². The van der Waals surface area contributed by atoms with Gasteiger partial charge < -0.3 is 10.2 Å². The van der Waals surface area contributed by atoms with Crippen LogP contribution in [0.25, 0.3) is 11.3 Å². The first-order chi connectivity index (χ1) is 13.2. The molecule has 3 aromatic rings. The van der Waals surface area contributed by atoms with Crippen molar-refractivity contribution in [1.29, 1.82) is 0 Å². The summed E-state index contributed by atoms with van der Waals surface area (Å²) in [5.74, 6) is 0.828. The van der Waals surface area contributed by atoms with E-state index < -0.39 is 0 Å². The van der Waals surface area contributed by atoms with Crippen molar-refractivity contribution < 1.29 is 4.79 Å². The third kappa shape index (κ3) is 4.17. The maximum atomic E-state index is 12.4. The first-order valence-electron chi connectivity index (χ1n) is 8.93. The van der Waals surface area contributed by atoms with Crippen LogP contribution in [0.15, 0.2) is 65.4 Å². The molecule has 0 radical (unpaired) electrons. The Morgan fingerprint density at radius 1 is 1.00 bits per heavy atom. The van der Waals surface area contributed by atoms with Gasteiger partial charge in [-0.05, 0) is 43.2 Å². The minimum atomic E-state index is -0.139. The van der Waals surface area contributed by atoms with E-state index in [0.717, 1.165) is 40.3 Å². The molecule has 1 saturated heterocycles. The summed E-state index contributed by atoms with van der Waals surface area (Å²) in [5.41, 5.74) is 3.19. The Hall–Kier alpha value is -2.73. The molecule has 27 heavy (non-hydrogen) atoms. The SMILES string of the molecule is O=C(Nc1cccc(Br)c1)c1ccc(-c2cc(N3CCCC3)ncn2)cc1. The lowest BCUT2D eigenvalue weighted by molar-refractivity contribution is 0.102. The Morgan fingerprint density at radius 2 is 1.78 bits per heavy atom. The first kappa shape index (κ1) is 17.7. The van der Waals surface area contributed by atoms with Crippen LogP contribution >= 0.6 is 15.9 Å². The lowest BCUT2D eigenvalue weighted by Gasteiger charge is -2.16. The van der Waals surface area contributed by atoms with E-state index in [9.17, 15) is 4.79 Å². The fourth-order valence-corrected chi connectivity index (χ4v) is 3.59.